The van der Waals surface area contributed by atoms with E-state index < -0.39 is 0 Å². The summed E-state index contributed by atoms with van der Waals surface area (Å²) in [6.07, 6.45) is 1.97. The Hall–Kier alpha value is -2.08. The number of fused-ring (bicyclic) bond motifs is 1. The summed E-state index contributed by atoms with van der Waals surface area (Å²) in [7, 11) is 0. The smallest absolute Gasteiger partial charge is 0.189 e. The normalized spacial score (nSPS) is 14.9. The van der Waals surface area contributed by atoms with Gasteiger partial charge in [0.25, 0.3) is 0 Å². The van der Waals surface area contributed by atoms with E-state index in [0.29, 0.717) is 29.1 Å². The predicted molar refractivity (Wildman–Crippen MR) is 141 cm³/mol. The Bertz CT molecular complexity index is 1090. The molecule has 0 radical (unpaired) electrons. The Kier molecular flexibility index (Phi) is 8.09. The molecule has 0 spiro atoms. The van der Waals surface area contributed by atoms with E-state index in [9.17, 15) is 0 Å². The summed E-state index contributed by atoms with van der Waals surface area (Å²) < 4.78 is 15.9. The Balaban J connectivity index is 0.00000306. The van der Waals surface area contributed by atoms with Gasteiger partial charge in [-0.2, -0.15) is 0 Å². The third-order valence-electron chi connectivity index (χ3n) is 5.95. The van der Waals surface area contributed by atoms with E-state index in [-0.39, 0.29) is 23.8 Å². The molecule has 1 fully saturated rings. The summed E-state index contributed by atoms with van der Waals surface area (Å²) in [5, 5.41) is 8.47. The lowest BCUT2D eigenvalue weighted by molar-refractivity contribution is 0.316. The maximum Gasteiger partial charge on any atom is 0.189 e. The zero-order chi connectivity index (χ0) is 22.9. The van der Waals surface area contributed by atoms with Crippen molar-refractivity contribution in [3.05, 3.63) is 64.4 Å². The molecule has 2 aromatic carbocycles. The minimum atomic E-state index is -0.278. The standard InChI is InChI=1S/C26H32ClFN4.ClH/c1-17-6-5-7-21-23(17)30-25(29-16-18-8-10-19(27)11-9-18)22(28)24(21)32-14-12-20(13-15-32)31-26(2,3)4;/h5-11,20,31H,12-16H2,1-4H3,(H,29,30);1H. The number of aromatic nitrogens is 1. The number of halogens is 3. The number of piperidine rings is 1. The summed E-state index contributed by atoms with van der Waals surface area (Å²) >= 11 is 5.99. The Morgan fingerprint density at radius 2 is 1.76 bits per heavy atom. The van der Waals surface area contributed by atoms with E-state index in [1.165, 1.54) is 0 Å². The molecular formula is C26H33Cl2FN4. The summed E-state index contributed by atoms with van der Waals surface area (Å²) in [4.78, 5) is 6.86. The molecule has 0 bridgehead atoms. The number of nitrogens with zero attached hydrogens (tertiary/aromatic N) is 2. The molecule has 4 rings (SSSR count). The van der Waals surface area contributed by atoms with E-state index in [4.69, 9.17) is 11.6 Å². The molecule has 0 amide bonds. The molecule has 178 valence electrons. The highest BCUT2D eigenvalue weighted by Crippen LogP contribution is 2.36. The number of rotatable bonds is 5. The molecule has 2 N–H and O–H groups in total. The van der Waals surface area contributed by atoms with Crippen LogP contribution in [0.1, 0.15) is 44.7 Å². The second-order valence-corrected chi connectivity index (χ2v) is 10.2. The Morgan fingerprint density at radius 3 is 2.39 bits per heavy atom. The number of para-hydroxylation sites is 1. The molecular weight excluding hydrogens is 458 g/mol. The van der Waals surface area contributed by atoms with Crippen molar-refractivity contribution in [3.63, 3.8) is 0 Å². The van der Waals surface area contributed by atoms with Crippen LogP contribution in [0.2, 0.25) is 5.02 Å². The highest BCUT2D eigenvalue weighted by Gasteiger charge is 2.27. The van der Waals surface area contributed by atoms with Gasteiger partial charge in [0.05, 0.1) is 11.2 Å². The van der Waals surface area contributed by atoms with Crippen LogP contribution in [0.25, 0.3) is 10.9 Å². The van der Waals surface area contributed by atoms with Gasteiger partial charge in [-0.1, -0.05) is 41.9 Å². The van der Waals surface area contributed by atoms with Gasteiger partial charge >= 0.3 is 0 Å². The van der Waals surface area contributed by atoms with Crippen molar-refractivity contribution < 1.29 is 4.39 Å². The van der Waals surface area contributed by atoms with Crippen molar-refractivity contribution in [2.75, 3.05) is 23.3 Å². The maximum absolute atomic E-state index is 15.9. The van der Waals surface area contributed by atoms with Crippen LogP contribution in [0.15, 0.2) is 42.5 Å². The lowest BCUT2D eigenvalue weighted by atomic mass is 9.99. The van der Waals surface area contributed by atoms with Crippen LogP contribution in [0.5, 0.6) is 0 Å². The summed E-state index contributed by atoms with van der Waals surface area (Å²) in [5.41, 5.74) is 3.65. The number of aryl methyl sites for hydroxylation is 1. The van der Waals surface area contributed by atoms with Crippen LogP contribution in [0, 0.1) is 12.7 Å². The summed E-state index contributed by atoms with van der Waals surface area (Å²) in [6.45, 7) is 10.7. The second-order valence-electron chi connectivity index (χ2n) is 9.73. The zero-order valence-corrected chi connectivity index (χ0v) is 21.3. The molecule has 0 atom stereocenters. The monoisotopic (exact) mass is 490 g/mol. The topological polar surface area (TPSA) is 40.2 Å². The molecule has 3 aromatic rings. The van der Waals surface area contributed by atoms with Crippen molar-refractivity contribution in [1.82, 2.24) is 10.3 Å². The fraction of sp³-hybridized carbons (Fsp3) is 0.423. The zero-order valence-electron chi connectivity index (χ0n) is 19.7. The Morgan fingerprint density at radius 1 is 1.09 bits per heavy atom. The van der Waals surface area contributed by atoms with Gasteiger partial charge in [-0.05, 0) is 63.8 Å². The van der Waals surface area contributed by atoms with E-state index in [1.807, 2.05) is 49.4 Å². The van der Waals surface area contributed by atoms with Gasteiger partial charge in [0.2, 0.25) is 0 Å². The fourth-order valence-electron chi connectivity index (χ4n) is 4.46. The van der Waals surface area contributed by atoms with Crippen molar-refractivity contribution in [2.24, 2.45) is 0 Å². The minimum Gasteiger partial charge on any atom is -0.368 e. The molecule has 1 aromatic heterocycles. The average Bonchev–Trinajstić information content (AvgIpc) is 2.74. The summed E-state index contributed by atoms with van der Waals surface area (Å²) in [6, 6.07) is 14.0. The minimum absolute atomic E-state index is 0. The third kappa shape index (κ3) is 6.08. The van der Waals surface area contributed by atoms with Crippen molar-refractivity contribution in [2.45, 2.75) is 58.7 Å². The van der Waals surface area contributed by atoms with E-state index in [0.717, 1.165) is 48.0 Å². The number of nitrogens with one attached hydrogen (secondary N) is 2. The van der Waals surface area contributed by atoms with Gasteiger partial charge in [-0.25, -0.2) is 9.37 Å². The highest BCUT2D eigenvalue weighted by molar-refractivity contribution is 6.30. The predicted octanol–water partition coefficient (Wildman–Crippen LogP) is 6.73. The largest absolute Gasteiger partial charge is 0.368 e. The number of pyridine rings is 1. The van der Waals surface area contributed by atoms with Crippen LogP contribution in [0.3, 0.4) is 0 Å². The lowest BCUT2D eigenvalue weighted by Gasteiger charge is -2.38. The van der Waals surface area contributed by atoms with Gasteiger partial charge in [-0.3, -0.25) is 0 Å². The third-order valence-corrected chi connectivity index (χ3v) is 6.21. The quantitative estimate of drug-likeness (QED) is 0.415. The molecule has 0 unspecified atom stereocenters. The van der Waals surface area contributed by atoms with Crippen LogP contribution >= 0.6 is 24.0 Å². The molecule has 4 nitrogen and oxygen atoms in total. The van der Waals surface area contributed by atoms with Gasteiger partial charge < -0.3 is 15.5 Å². The fourth-order valence-corrected chi connectivity index (χ4v) is 4.59. The number of benzene rings is 2. The van der Waals surface area contributed by atoms with Crippen LogP contribution in [-0.2, 0) is 6.54 Å². The molecule has 0 aliphatic carbocycles. The van der Waals surface area contributed by atoms with Crippen molar-refractivity contribution in [3.8, 4) is 0 Å². The number of anilines is 2. The van der Waals surface area contributed by atoms with Gasteiger partial charge in [-0.15, -0.1) is 12.4 Å². The molecule has 1 saturated heterocycles. The lowest BCUT2D eigenvalue weighted by Crippen LogP contribution is -2.49. The van der Waals surface area contributed by atoms with Crippen LogP contribution < -0.4 is 15.5 Å². The first-order valence-corrected chi connectivity index (χ1v) is 11.7. The molecule has 33 heavy (non-hydrogen) atoms. The van der Waals surface area contributed by atoms with Gasteiger partial charge in [0.15, 0.2) is 11.6 Å². The van der Waals surface area contributed by atoms with Crippen LogP contribution in [0.4, 0.5) is 15.9 Å². The van der Waals surface area contributed by atoms with Crippen molar-refractivity contribution in [1.29, 1.82) is 0 Å². The number of hydrogen-bond acceptors (Lipinski definition) is 4. The number of hydrogen-bond donors (Lipinski definition) is 2. The van der Waals surface area contributed by atoms with E-state index in [1.54, 1.807) is 0 Å². The Labute approximate surface area is 207 Å². The first-order valence-electron chi connectivity index (χ1n) is 11.3. The molecule has 7 heteroatoms. The van der Waals surface area contributed by atoms with E-state index in [2.05, 4.69) is 41.3 Å². The van der Waals surface area contributed by atoms with E-state index >= 15 is 4.39 Å². The molecule has 0 saturated carbocycles. The average molecular weight is 491 g/mol. The van der Waals surface area contributed by atoms with Gasteiger partial charge in [0, 0.05) is 41.6 Å². The van der Waals surface area contributed by atoms with Crippen molar-refractivity contribution >= 4 is 46.4 Å². The maximum atomic E-state index is 15.9. The summed E-state index contributed by atoms with van der Waals surface area (Å²) in [5.74, 6) is 0.0194. The first kappa shape index (κ1) is 25.5. The van der Waals surface area contributed by atoms with Gasteiger partial charge in [0.1, 0.15) is 0 Å². The molecule has 1 aliphatic rings. The SMILES string of the molecule is Cc1cccc2c(N3CCC(NC(C)(C)C)CC3)c(F)c(NCc3ccc(Cl)cc3)nc12.Cl. The second kappa shape index (κ2) is 10.5. The molecule has 1 aliphatic heterocycles. The first-order chi connectivity index (χ1) is 15.2. The van der Waals surface area contributed by atoms with Crippen LogP contribution in [-0.4, -0.2) is 29.7 Å². The molecule has 2 heterocycles. The highest BCUT2D eigenvalue weighted by atomic mass is 35.5.